The second-order valence-electron chi connectivity index (χ2n) is 8.76. The predicted molar refractivity (Wildman–Crippen MR) is 123 cm³/mol. The van der Waals surface area contributed by atoms with Gasteiger partial charge in [-0.05, 0) is 58.0 Å². The van der Waals surface area contributed by atoms with Gasteiger partial charge in [0.15, 0.2) is 5.82 Å². The summed E-state index contributed by atoms with van der Waals surface area (Å²) in [5, 5.41) is 7.45. The van der Waals surface area contributed by atoms with Crippen molar-refractivity contribution in [3.63, 3.8) is 0 Å². The van der Waals surface area contributed by atoms with Crippen LogP contribution in [0.4, 0.5) is 20.7 Å². The molecule has 3 N–H and O–H groups in total. The van der Waals surface area contributed by atoms with Gasteiger partial charge in [-0.2, -0.15) is 28.8 Å². The molecule has 178 valence electrons. The number of imidazole rings is 1. The van der Waals surface area contributed by atoms with E-state index in [-0.39, 0.29) is 11.9 Å². The number of nitrogens with zero attached hydrogens (tertiary/aromatic N) is 8. The molecule has 1 aliphatic rings. The number of hydrogen-bond acceptors (Lipinski definition) is 8. The van der Waals surface area contributed by atoms with Crippen LogP contribution in [0, 0.1) is 6.92 Å². The molecule has 0 radical (unpaired) electrons. The van der Waals surface area contributed by atoms with E-state index in [4.69, 9.17) is 5.73 Å². The molecule has 0 aromatic carbocycles. The third-order valence-electron chi connectivity index (χ3n) is 6.12. The molecule has 0 spiro atoms. The van der Waals surface area contributed by atoms with E-state index in [1.54, 1.807) is 12.3 Å². The number of aromatic nitrogens is 7. The van der Waals surface area contributed by atoms with Crippen LogP contribution in [0.2, 0.25) is 0 Å². The molecule has 0 aliphatic carbocycles. The summed E-state index contributed by atoms with van der Waals surface area (Å²) in [6.45, 7) is 3.51. The van der Waals surface area contributed by atoms with E-state index in [1.807, 2.05) is 36.6 Å². The molecule has 0 bridgehead atoms. The second kappa shape index (κ2) is 8.60. The molecule has 1 aliphatic heterocycles. The van der Waals surface area contributed by atoms with E-state index < -0.39 is 12.1 Å². The first-order valence-corrected chi connectivity index (χ1v) is 11.1. The van der Waals surface area contributed by atoms with Crippen molar-refractivity contribution in [2.75, 3.05) is 30.7 Å². The summed E-state index contributed by atoms with van der Waals surface area (Å²) in [6, 6.07) is 5.41. The van der Waals surface area contributed by atoms with Crippen LogP contribution in [0.15, 0.2) is 36.8 Å². The zero-order valence-electron chi connectivity index (χ0n) is 19.0. The van der Waals surface area contributed by atoms with Gasteiger partial charge in [-0.1, -0.05) is 0 Å². The Labute approximate surface area is 194 Å². The highest BCUT2D eigenvalue weighted by Gasteiger charge is 2.34. The molecule has 34 heavy (non-hydrogen) atoms. The van der Waals surface area contributed by atoms with E-state index in [0.29, 0.717) is 22.7 Å². The monoisotopic (exact) mass is 468 g/mol. The molecule has 4 aromatic heterocycles. The Bertz CT molecular complexity index is 1310. The van der Waals surface area contributed by atoms with Gasteiger partial charge in [0.2, 0.25) is 11.9 Å². The zero-order valence-corrected chi connectivity index (χ0v) is 19.0. The van der Waals surface area contributed by atoms with Crippen LogP contribution in [0.1, 0.15) is 37.8 Å². The van der Waals surface area contributed by atoms with Gasteiger partial charge in [0.25, 0.3) is 0 Å². The smallest absolute Gasteiger partial charge is 0.333 e. The molecule has 10 nitrogen and oxygen atoms in total. The Kier molecular flexibility index (Phi) is 5.60. The molecule has 1 atom stereocenters. The van der Waals surface area contributed by atoms with Crippen molar-refractivity contribution in [3.05, 3.63) is 48.3 Å². The molecule has 4 aromatic rings. The molecule has 0 saturated carbocycles. The van der Waals surface area contributed by atoms with Gasteiger partial charge in [0, 0.05) is 24.5 Å². The van der Waals surface area contributed by atoms with Crippen molar-refractivity contribution in [2.24, 2.45) is 0 Å². The van der Waals surface area contributed by atoms with E-state index in [2.05, 4.69) is 35.3 Å². The minimum Gasteiger partial charge on any atom is -0.368 e. The number of aryl methyl sites for hydroxylation is 1. The van der Waals surface area contributed by atoms with Crippen LogP contribution < -0.4 is 11.1 Å². The lowest BCUT2D eigenvalue weighted by molar-refractivity contribution is 0.0556. The average molecular weight is 469 g/mol. The fourth-order valence-corrected chi connectivity index (χ4v) is 4.39. The van der Waals surface area contributed by atoms with Crippen LogP contribution in [0.25, 0.3) is 16.9 Å². The fourth-order valence-electron chi connectivity index (χ4n) is 4.39. The maximum absolute atomic E-state index is 13.2. The minimum atomic E-state index is -2.72. The van der Waals surface area contributed by atoms with Crippen LogP contribution in [-0.4, -0.2) is 58.7 Å². The second-order valence-corrected chi connectivity index (χ2v) is 8.76. The quantitative estimate of drug-likeness (QED) is 0.425. The van der Waals surface area contributed by atoms with Crippen molar-refractivity contribution < 1.29 is 8.78 Å². The molecule has 5 heterocycles. The van der Waals surface area contributed by atoms with E-state index >= 15 is 0 Å². The maximum atomic E-state index is 13.2. The topological polar surface area (TPSA) is 115 Å². The van der Waals surface area contributed by atoms with Gasteiger partial charge in [0.05, 0.1) is 22.9 Å². The van der Waals surface area contributed by atoms with Gasteiger partial charge in [-0.25, -0.2) is 9.67 Å². The third kappa shape index (κ3) is 4.28. The summed E-state index contributed by atoms with van der Waals surface area (Å²) in [5.41, 5.74) is 7.37. The van der Waals surface area contributed by atoms with Crippen molar-refractivity contribution >= 4 is 17.4 Å². The van der Waals surface area contributed by atoms with E-state index in [1.165, 1.54) is 6.20 Å². The molecule has 5 rings (SSSR count). The van der Waals surface area contributed by atoms with E-state index in [9.17, 15) is 8.78 Å². The Hall–Kier alpha value is -3.67. The van der Waals surface area contributed by atoms with Gasteiger partial charge in [0.1, 0.15) is 5.82 Å². The first-order valence-electron chi connectivity index (χ1n) is 11.1. The first-order chi connectivity index (χ1) is 16.3. The van der Waals surface area contributed by atoms with E-state index in [0.717, 1.165) is 42.8 Å². The average Bonchev–Trinajstić information content (AvgIpc) is 3.55. The highest BCUT2D eigenvalue weighted by molar-refractivity contribution is 5.61. The minimum absolute atomic E-state index is 0.0524. The maximum Gasteiger partial charge on any atom is 0.333 e. The van der Waals surface area contributed by atoms with Gasteiger partial charge >= 0.3 is 6.55 Å². The molecule has 1 saturated heterocycles. The highest BCUT2D eigenvalue weighted by Crippen LogP contribution is 2.28. The third-order valence-corrected chi connectivity index (χ3v) is 6.12. The van der Waals surface area contributed by atoms with Crippen LogP contribution in [0.3, 0.4) is 0 Å². The van der Waals surface area contributed by atoms with Crippen molar-refractivity contribution in [1.29, 1.82) is 0 Å². The Balaban J connectivity index is 1.51. The summed E-state index contributed by atoms with van der Waals surface area (Å²) in [4.78, 5) is 19.8. The Morgan fingerprint density at radius 3 is 2.68 bits per heavy atom. The summed E-state index contributed by atoms with van der Waals surface area (Å²) in [5.74, 6) is 1.53. The number of likely N-dealkylation sites (tertiary alicyclic amines) is 1. The highest BCUT2D eigenvalue weighted by atomic mass is 19.3. The number of alkyl halides is 2. The number of nitrogen functional groups attached to an aromatic ring is 1. The number of nitrogens with one attached hydrogen (secondary N) is 1. The number of hydrogen-bond donors (Lipinski definition) is 2. The standard InChI is InChI=1S/C22H26F2N10/c1-14-26-11-16-6-5-15(12-33(14)16)18-27-20(25)29-21(28-18)30-22(2,13-32-8-3-4-9-32)17-7-10-34(31-17)19(23)24/h5-7,10-12,19H,3-4,8-9,13H2,1-2H3,(H3,25,27,28,29,30)/t22-/m1/s1. The van der Waals surface area contributed by atoms with Crippen molar-refractivity contribution in [3.8, 4) is 11.4 Å². The molecule has 1 fully saturated rings. The summed E-state index contributed by atoms with van der Waals surface area (Å²) >= 11 is 0. The first kappa shape index (κ1) is 22.1. The van der Waals surface area contributed by atoms with Crippen LogP contribution in [-0.2, 0) is 5.54 Å². The lowest BCUT2D eigenvalue weighted by atomic mass is 9.97. The number of halogens is 2. The van der Waals surface area contributed by atoms with Crippen molar-refractivity contribution in [1.82, 2.24) is 39.0 Å². The summed E-state index contributed by atoms with van der Waals surface area (Å²) in [7, 11) is 0. The lowest BCUT2D eigenvalue weighted by Crippen LogP contribution is -2.44. The molecular formula is C22H26F2N10. The Morgan fingerprint density at radius 1 is 1.15 bits per heavy atom. The molecule has 0 amide bonds. The number of nitrogens with two attached hydrogens (primary N) is 1. The normalized spacial score (nSPS) is 16.4. The number of pyridine rings is 1. The number of rotatable bonds is 7. The largest absolute Gasteiger partial charge is 0.368 e. The van der Waals surface area contributed by atoms with Crippen LogP contribution >= 0.6 is 0 Å². The lowest BCUT2D eigenvalue weighted by Gasteiger charge is -2.33. The fraction of sp³-hybridized carbons (Fsp3) is 0.409. The Morgan fingerprint density at radius 2 is 1.94 bits per heavy atom. The molecule has 0 unspecified atom stereocenters. The van der Waals surface area contributed by atoms with Gasteiger partial charge in [-0.3, -0.25) is 0 Å². The zero-order chi connectivity index (χ0) is 23.9. The van der Waals surface area contributed by atoms with Gasteiger partial charge in [-0.15, -0.1) is 0 Å². The molecule has 12 heteroatoms. The van der Waals surface area contributed by atoms with Gasteiger partial charge < -0.3 is 20.4 Å². The molecular weight excluding hydrogens is 442 g/mol. The van der Waals surface area contributed by atoms with Crippen molar-refractivity contribution in [2.45, 2.75) is 38.8 Å². The van der Waals surface area contributed by atoms with Crippen LogP contribution in [0.5, 0.6) is 0 Å². The predicted octanol–water partition coefficient (Wildman–Crippen LogP) is 3.09. The SMILES string of the molecule is Cc1ncc2ccc(-c3nc(N)nc(N[C@](C)(CN4CCCC4)c4ccn(C(F)F)n4)n3)cn12. The number of anilines is 2. The summed E-state index contributed by atoms with van der Waals surface area (Å²) in [6.07, 6.45) is 7.15. The summed E-state index contributed by atoms with van der Waals surface area (Å²) < 4.78 is 29.0. The number of fused-ring (bicyclic) bond motifs is 1.